The summed E-state index contributed by atoms with van der Waals surface area (Å²) in [6.45, 7) is -0.0255. The molecule has 0 bridgehead atoms. The van der Waals surface area contributed by atoms with E-state index >= 15 is 0 Å². The van der Waals surface area contributed by atoms with Gasteiger partial charge in [-0.15, -0.1) is 0 Å². The van der Waals surface area contributed by atoms with Crippen LogP contribution in [0.2, 0.25) is 0 Å². The molecule has 0 aromatic carbocycles. The fourth-order valence-corrected chi connectivity index (χ4v) is 1.70. The molecule has 0 rings (SSSR count). The van der Waals surface area contributed by atoms with Gasteiger partial charge >= 0.3 is 0 Å². The number of hydrogen-bond acceptors (Lipinski definition) is 4. The van der Waals surface area contributed by atoms with E-state index in [2.05, 4.69) is 0 Å². The molecule has 0 aliphatic carbocycles. The molecule has 2 atom stereocenters. The third-order valence-electron chi connectivity index (χ3n) is 1.59. The molecule has 20 heavy (non-hydrogen) atoms. The van der Waals surface area contributed by atoms with Gasteiger partial charge in [-0.25, -0.2) is 0 Å². The van der Waals surface area contributed by atoms with Crippen molar-refractivity contribution in [2.24, 2.45) is 0 Å². The lowest BCUT2D eigenvalue weighted by Crippen LogP contribution is -2.29. The van der Waals surface area contributed by atoms with Crippen molar-refractivity contribution in [3.8, 4) is 0 Å². The van der Waals surface area contributed by atoms with Crippen LogP contribution >= 0.6 is 115 Å². The van der Waals surface area contributed by atoms with Crippen LogP contribution in [0.4, 0.5) is 0 Å². The van der Waals surface area contributed by atoms with Crippen LogP contribution in [0.3, 0.4) is 0 Å². The number of alkyl halides is 6. The third kappa shape index (κ3) is 9.82. The minimum atomic E-state index is -1.94. The molecule has 0 fully saturated rings. The van der Waals surface area contributed by atoms with Crippen molar-refractivity contribution in [1.82, 2.24) is 0 Å². The summed E-state index contributed by atoms with van der Waals surface area (Å²) in [7, 11) is 0. The highest BCUT2D eigenvalue weighted by Crippen LogP contribution is 2.33. The van der Waals surface area contributed by atoms with Gasteiger partial charge in [-0.1, -0.05) is 69.6 Å². The fraction of sp³-hybridized carbons (Fsp3) is 0.750. The molecule has 0 saturated carbocycles. The van der Waals surface area contributed by atoms with Gasteiger partial charge in [0.25, 0.3) is 0 Å². The number of aliphatic hydroxyl groups is 2. The topological polar surface area (TPSA) is 58.9 Å². The van der Waals surface area contributed by atoms with Crippen molar-refractivity contribution in [1.29, 1.82) is 0 Å². The van der Waals surface area contributed by atoms with Crippen LogP contribution in [-0.4, -0.2) is 43.6 Å². The number of hydrogen-bond donors (Lipinski definition) is 2. The first-order valence-electron chi connectivity index (χ1n) is 4.61. The van der Waals surface area contributed by atoms with Crippen LogP contribution in [0.5, 0.6) is 0 Å². The maximum Gasteiger partial charge on any atom is 0.240 e. The predicted molar refractivity (Wildman–Crippen MR) is 99.6 cm³/mol. The number of rotatable bonds is 6. The van der Waals surface area contributed by atoms with Crippen LogP contribution in [0.1, 0.15) is 0 Å². The Morgan fingerprint density at radius 1 is 0.800 bits per heavy atom. The van der Waals surface area contributed by atoms with Crippen molar-refractivity contribution in [2.45, 2.75) is 20.2 Å². The molecule has 2 N–H and O–H groups in total. The Labute approximate surface area is 173 Å². The first-order chi connectivity index (χ1) is 8.85. The molecule has 0 aromatic heterocycles. The lowest BCUT2D eigenvalue weighted by Gasteiger charge is -2.20. The zero-order valence-corrected chi connectivity index (χ0v) is 18.2. The van der Waals surface area contributed by atoms with E-state index in [0.29, 0.717) is 7.16 Å². The largest absolute Gasteiger partial charge is 0.365 e. The lowest BCUT2D eigenvalue weighted by molar-refractivity contribution is -0.0889. The normalized spacial score (nSPS) is 17.7. The van der Waals surface area contributed by atoms with E-state index in [9.17, 15) is 10.2 Å². The van der Waals surface area contributed by atoms with Gasteiger partial charge in [-0.3, -0.25) is 0 Å². The Hall–Kier alpha value is 2.78. The minimum absolute atomic E-state index is 0.0128. The molecule has 12 heteroatoms. The Bertz CT molecular complexity index is 311. The second-order valence-corrected chi connectivity index (χ2v) is 10.6. The Morgan fingerprint density at radius 3 is 1.25 bits per heavy atom. The second-order valence-electron chi connectivity index (χ2n) is 3.22. The van der Waals surface area contributed by atoms with E-state index in [1.165, 1.54) is 0 Å². The summed E-state index contributed by atoms with van der Waals surface area (Å²) in [5.74, 6) is 0. The molecule has 0 aliphatic heterocycles. The van der Waals surface area contributed by atoms with Gasteiger partial charge in [0.1, 0.15) is 0 Å². The average molecular weight is 635 g/mol. The van der Waals surface area contributed by atoms with Gasteiger partial charge in [0.05, 0.1) is 13.2 Å². The molecule has 4 nitrogen and oxygen atoms in total. The fourth-order valence-electron chi connectivity index (χ4n) is 0.650. The Morgan fingerprint density at radius 2 is 1.05 bits per heavy atom. The summed E-state index contributed by atoms with van der Waals surface area (Å²) < 4.78 is 7.35. The summed E-state index contributed by atoms with van der Waals surface area (Å²) in [4.78, 5) is 0. The van der Waals surface area contributed by atoms with E-state index in [4.69, 9.17) is 79.1 Å². The molecule has 0 saturated heterocycles. The maximum atomic E-state index is 9.37. The summed E-state index contributed by atoms with van der Waals surface area (Å²) in [5, 5.41) is 18.7. The highest BCUT2D eigenvalue weighted by molar-refractivity contribution is 14.1. The molecule has 0 aliphatic rings. The summed E-state index contributed by atoms with van der Waals surface area (Å²) in [6.07, 6.45) is -3.15. The molecule has 2 unspecified atom stereocenters. The Balaban J connectivity index is 4.33. The van der Waals surface area contributed by atoms with Crippen LogP contribution < -0.4 is 0 Å². The summed E-state index contributed by atoms with van der Waals surface area (Å²) in [5.41, 5.74) is 0. The van der Waals surface area contributed by atoms with Crippen molar-refractivity contribution >= 4 is 115 Å². The average Bonchev–Trinajstić information content (AvgIpc) is 2.29. The summed E-state index contributed by atoms with van der Waals surface area (Å²) >= 11 is 36.5. The monoisotopic (exact) mass is 632 g/mol. The van der Waals surface area contributed by atoms with Crippen LogP contribution in [-0.2, 0) is 9.47 Å². The van der Waals surface area contributed by atoms with Crippen molar-refractivity contribution in [2.75, 3.05) is 13.2 Å². The maximum absolute atomic E-state index is 9.37. The zero-order chi connectivity index (χ0) is 16.1. The third-order valence-corrected chi connectivity index (χ3v) is 5.67. The summed E-state index contributed by atoms with van der Waals surface area (Å²) in [6, 6.07) is 0. The Kier molecular flexibility index (Phi) is 11.3. The highest BCUT2D eigenvalue weighted by atomic mass is 127. The van der Waals surface area contributed by atoms with Gasteiger partial charge in [0.15, 0.2) is 0 Å². The van der Waals surface area contributed by atoms with Gasteiger partial charge in [0, 0.05) is 7.16 Å². The van der Waals surface area contributed by atoms with E-state index in [0.717, 1.165) is 0 Å². The number of aliphatic hydroxyl groups excluding tert-OH is 2. The predicted octanol–water partition coefficient (Wildman–Crippen LogP) is 4.48. The molecule has 0 aromatic rings. The highest BCUT2D eigenvalue weighted by Gasteiger charge is 2.33. The molecule has 0 spiro atoms. The van der Waals surface area contributed by atoms with Gasteiger partial charge in [-0.05, 0) is 45.2 Å². The standard InChI is InChI=1S/C8H8Cl6I2O4/c9-7(10,11)5(17)19-1-3(15)4(16)2-20-6(18)8(12,13)14/h5-6,17-18H,1-2H2. The van der Waals surface area contributed by atoms with E-state index in [-0.39, 0.29) is 13.2 Å². The van der Waals surface area contributed by atoms with Crippen LogP contribution in [0.25, 0.3) is 0 Å². The van der Waals surface area contributed by atoms with Crippen LogP contribution in [0.15, 0.2) is 7.16 Å². The van der Waals surface area contributed by atoms with Crippen molar-refractivity contribution in [3.63, 3.8) is 0 Å². The SMILES string of the molecule is OC(OCC(I)=C(I)COC(O)C(Cl)(Cl)Cl)C(Cl)(Cl)Cl. The first-order valence-corrected chi connectivity index (χ1v) is 9.04. The molecular weight excluding hydrogens is 627 g/mol. The smallest absolute Gasteiger partial charge is 0.240 e. The minimum Gasteiger partial charge on any atom is -0.365 e. The first kappa shape index (κ1) is 22.8. The van der Waals surface area contributed by atoms with E-state index in [1.54, 1.807) is 0 Å². The molecule has 0 radical (unpaired) electrons. The number of halogens is 8. The van der Waals surface area contributed by atoms with E-state index < -0.39 is 20.2 Å². The van der Waals surface area contributed by atoms with Crippen molar-refractivity contribution < 1.29 is 19.7 Å². The van der Waals surface area contributed by atoms with Gasteiger partial charge < -0.3 is 19.7 Å². The van der Waals surface area contributed by atoms with Crippen LogP contribution in [0, 0.1) is 0 Å². The zero-order valence-electron chi connectivity index (χ0n) is 9.30. The van der Waals surface area contributed by atoms with Gasteiger partial charge in [0.2, 0.25) is 20.2 Å². The molecule has 0 amide bonds. The molecular formula is C8H8Cl6I2O4. The number of ether oxygens (including phenoxy) is 2. The lowest BCUT2D eigenvalue weighted by atomic mass is 10.5. The quantitative estimate of drug-likeness (QED) is 0.257. The molecule has 0 heterocycles. The molecule has 120 valence electrons. The van der Waals surface area contributed by atoms with E-state index in [1.807, 2.05) is 45.2 Å². The second kappa shape index (κ2) is 9.93. The van der Waals surface area contributed by atoms with Gasteiger partial charge in [-0.2, -0.15) is 0 Å². The van der Waals surface area contributed by atoms with Crippen molar-refractivity contribution in [3.05, 3.63) is 7.16 Å².